The third-order valence-corrected chi connectivity index (χ3v) is 2.81. The summed E-state index contributed by atoms with van der Waals surface area (Å²) in [6.45, 7) is 0. The highest BCUT2D eigenvalue weighted by molar-refractivity contribution is 5.37. The van der Waals surface area contributed by atoms with Crippen molar-refractivity contribution in [2.45, 2.75) is 12.5 Å². The second kappa shape index (κ2) is 5.60. The molecule has 0 fully saturated rings. The lowest BCUT2D eigenvalue weighted by Gasteiger charge is -2.16. The third kappa shape index (κ3) is 2.65. The molecule has 1 aromatic carbocycles. The Morgan fingerprint density at radius 2 is 2.00 bits per heavy atom. The van der Waals surface area contributed by atoms with Gasteiger partial charge >= 0.3 is 0 Å². The van der Waals surface area contributed by atoms with Gasteiger partial charge in [-0.15, -0.1) is 0 Å². The van der Waals surface area contributed by atoms with E-state index in [1.54, 1.807) is 24.5 Å². The van der Waals surface area contributed by atoms with Gasteiger partial charge in [0.25, 0.3) is 0 Å². The van der Waals surface area contributed by atoms with Crippen LogP contribution < -0.4 is 10.5 Å². The Morgan fingerprint density at radius 1 is 1.28 bits per heavy atom. The predicted octanol–water partition coefficient (Wildman–Crippen LogP) is 2.47. The van der Waals surface area contributed by atoms with Crippen LogP contribution in [-0.2, 0) is 6.42 Å². The first kappa shape index (κ1) is 12.5. The zero-order chi connectivity index (χ0) is 13.0. The molecule has 0 aliphatic carbocycles. The maximum atomic E-state index is 13.8. The minimum atomic E-state index is -0.441. The number of nitrogens with zero attached hydrogens (tertiary/aromatic N) is 1. The van der Waals surface area contributed by atoms with Crippen LogP contribution in [0, 0.1) is 5.82 Å². The lowest BCUT2D eigenvalue weighted by molar-refractivity contribution is 0.399. The number of hydrogen-bond acceptors (Lipinski definition) is 3. The minimum Gasteiger partial charge on any atom is -0.496 e. The molecule has 4 heteroatoms. The molecular weight excluding hydrogens is 231 g/mol. The highest BCUT2D eigenvalue weighted by Crippen LogP contribution is 2.28. The number of halogens is 1. The van der Waals surface area contributed by atoms with E-state index in [1.807, 2.05) is 12.1 Å². The zero-order valence-corrected chi connectivity index (χ0v) is 10.1. The van der Waals surface area contributed by atoms with Crippen molar-refractivity contribution in [3.8, 4) is 5.75 Å². The van der Waals surface area contributed by atoms with Crippen LogP contribution in [0.1, 0.15) is 17.2 Å². The normalized spacial score (nSPS) is 12.2. The summed E-state index contributed by atoms with van der Waals surface area (Å²) in [4.78, 5) is 3.94. The Kier molecular flexibility index (Phi) is 3.89. The van der Waals surface area contributed by atoms with Crippen molar-refractivity contribution in [1.82, 2.24) is 4.98 Å². The number of rotatable bonds is 4. The van der Waals surface area contributed by atoms with E-state index in [4.69, 9.17) is 10.5 Å². The molecule has 0 saturated heterocycles. The number of hydrogen-bond donors (Lipinski definition) is 1. The van der Waals surface area contributed by atoms with Crippen molar-refractivity contribution in [3.05, 3.63) is 59.7 Å². The van der Waals surface area contributed by atoms with E-state index in [0.717, 1.165) is 5.56 Å². The highest BCUT2D eigenvalue weighted by Gasteiger charge is 2.17. The van der Waals surface area contributed by atoms with Crippen LogP contribution in [0.3, 0.4) is 0 Å². The van der Waals surface area contributed by atoms with Gasteiger partial charge in [-0.05, 0) is 36.2 Å². The molecule has 0 bridgehead atoms. The van der Waals surface area contributed by atoms with Crippen molar-refractivity contribution >= 4 is 0 Å². The van der Waals surface area contributed by atoms with Gasteiger partial charge in [-0.25, -0.2) is 4.39 Å². The van der Waals surface area contributed by atoms with Crippen LogP contribution >= 0.6 is 0 Å². The largest absolute Gasteiger partial charge is 0.496 e. The number of aromatic nitrogens is 1. The van der Waals surface area contributed by atoms with E-state index in [1.165, 1.54) is 13.2 Å². The summed E-state index contributed by atoms with van der Waals surface area (Å²) in [5.74, 6) is 0.146. The molecule has 1 unspecified atom stereocenters. The molecule has 0 aliphatic heterocycles. The van der Waals surface area contributed by atoms with Crippen molar-refractivity contribution in [1.29, 1.82) is 0 Å². The minimum absolute atomic E-state index is 0.337. The van der Waals surface area contributed by atoms with Crippen LogP contribution in [0.25, 0.3) is 0 Å². The number of nitrogens with two attached hydrogens (primary N) is 1. The van der Waals surface area contributed by atoms with Gasteiger partial charge in [-0.3, -0.25) is 4.98 Å². The standard InChI is InChI=1S/C14H15FN2O/c1-18-13-4-2-3-11(15)14(13)12(16)9-10-5-7-17-8-6-10/h2-8,12H,9,16H2,1H3. The van der Waals surface area contributed by atoms with Crippen molar-refractivity contribution in [2.75, 3.05) is 7.11 Å². The van der Waals surface area contributed by atoms with Gasteiger partial charge in [0.2, 0.25) is 0 Å². The van der Waals surface area contributed by atoms with Crippen LogP contribution in [0.5, 0.6) is 5.75 Å². The van der Waals surface area contributed by atoms with E-state index in [0.29, 0.717) is 17.7 Å². The zero-order valence-electron chi connectivity index (χ0n) is 10.1. The fourth-order valence-corrected chi connectivity index (χ4v) is 1.93. The maximum Gasteiger partial charge on any atom is 0.131 e. The van der Waals surface area contributed by atoms with E-state index < -0.39 is 6.04 Å². The Bertz CT molecular complexity index is 516. The molecule has 1 atom stereocenters. The quantitative estimate of drug-likeness (QED) is 0.901. The molecular formula is C14H15FN2O. The van der Waals surface area contributed by atoms with E-state index >= 15 is 0 Å². The van der Waals surface area contributed by atoms with Gasteiger partial charge in [-0.1, -0.05) is 6.07 Å². The maximum absolute atomic E-state index is 13.8. The fourth-order valence-electron chi connectivity index (χ4n) is 1.93. The second-order valence-corrected chi connectivity index (χ2v) is 4.02. The van der Waals surface area contributed by atoms with Crippen LogP contribution in [0.2, 0.25) is 0 Å². The Hall–Kier alpha value is -1.94. The molecule has 1 aromatic heterocycles. The predicted molar refractivity (Wildman–Crippen MR) is 67.8 cm³/mol. The molecule has 3 nitrogen and oxygen atoms in total. The summed E-state index contributed by atoms with van der Waals surface area (Å²) in [7, 11) is 1.51. The summed E-state index contributed by atoms with van der Waals surface area (Å²) in [6, 6.07) is 8.01. The first-order chi connectivity index (χ1) is 8.72. The van der Waals surface area contributed by atoms with E-state index in [9.17, 15) is 4.39 Å². The molecule has 0 radical (unpaired) electrons. The van der Waals surface area contributed by atoms with E-state index in [2.05, 4.69) is 4.98 Å². The topological polar surface area (TPSA) is 48.1 Å². The van der Waals surface area contributed by atoms with Crippen LogP contribution in [0.15, 0.2) is 42.7 Å². The second-order valence-electron chi connectivity index (χ2n) is 4.02. The molecule has 0 spiro atoms. The van der Waals surface area contributed by atoms with Crippen molar-refractivity contribution in [2.24, 2.45) is 5.73 Å². The number of benzene rings is 1. The number of pyridine rings is 1. The monoisotopic (exact) mass is 246 g/mol. The van der Waals surface area contributed by atoms with Crippen LogP contribution in [0.4, 0.5) is 4.39 Å². The SMILES string of the molecule is COc1cccc(F)c1C(N)Cc1ccncc1. The van der Waals surface area contributed by atoms with Gasteiger partial charge in [-0.2, -0.15) is 0 Å². The molecule has 2 N–H and O–H groups in total. The summed E-state index contributed by atoms with van der Waals surface area (Å²) >= 11 is 0. The average molecular weight is 246 g/mol. The fraction of sp³-hybridized carbons (Fsp3) is 0.214. The first-order valence-corrected chi connectivity index (χ1v) is 5.69. The molecule has 0 aliphatic rings. The lowest BCUT2D eigenvalue weighted by atomic mass is 9.99. The molecule has 18 heavy (non-hydrogen) atoms. The first-order valence-electron chi connectivity index (χ1n) is 5.69. The van der Waals surface area contributed by atoms with Gasteiger partial charge < -0.3 is 10.5 Å². The van der Waals surface area contributed by atoms with Gasteiger partial charge in [0.05, 0.1) is 7.11 Å². The summed E-state index contributed by atoms with van der Waals surface area (Å²) in [6.07, 6.45) is 3.93. The van der Waals surface area contributed by atoms with Crippen LogP contribution in [-0.4, -0.2) is 12.1 Å². The summed E-state index contributed by atoms with van der Waals surface area (Å²) < 4.78 is 19.0. The smallest absolute Gasteiger partial charge is 0.131 e. The molecule has 94 valence electrons. The van der Waals surface area contributed by atoms with Gasteiger partial charge in [0, 0.05) is 24.0 Å². The molecule has 2 rings (SSSR count). The van der Waals surface area contributed by atoms with E-state index in [-0.39, 0.29) is 5.82 Å². The van der Waals surface area contributed by atoms with Crippen molar-refractivity contribution in [3.63, 3.8) is 0 Å². The molecule has 1 heterocycles. The molecule has 0 saturated carbocycles. The molecule has 0 amide bonds. The summed E-state index contributed by atoms with van der Waals surface area (Å²) in [5.41, 5.74) is 7.49. The Morgan fingerprint density at radius 3 is 2.67 bits per heavy atom. The lowest BCUT2D eigenvalue weighted by Crippen LogP contribution is -2.16. The van der Waals surface area contributed by atoms with Gasteiger partial charge in [0.1, 0.15) is 11.6 Å². The van der Waals surface area contributed by atoms with Gasteiger partial charge in [0.15, 0.2) is 0 Å². The number of ether oxygens (including phenoxy) is 1. The average Bonchev–Trinajstić information content (AvgIpc) is 2.39. The van der Waals surface area contributed by atoms with Crippen molar-refractivity contribution < 1.29 is 9.13 Å². The third-order valence-electron chi connectivity index (χ3n) is 2.81. The molecule has 2 aromatic rings. The summed E-state index contributed by atoms with van der Waals surface area (Å²) in [5, 5.41) is 0. The highest BCUT2D eigenvalue weighted by atomic mass is 19.1. The number of methoxy groups -OCH3 is 1. The Balaban J connectivity index is 2.26. The Labute approximate surface area is 105 Å².